The molecule has 0 heterocycles. The molecular weight excluding hydrogens is 296 g/mol. The Morgan fingerprint density at radius 3 is 0.357 bits per heavy atom. The fourth-order valence-electron chi connectivity index (χ4n) is 0. The zero-order valence-corrected chi connectivity index (χ0v) is 11.9. The van der Waals surface area contributed by atoms with E-state index in [1.54, 1.807) is 0 Å². The molecule has 63 valence electrons. The Balaban J connectivity index is -0.00000000500. The van der Waals surface area contributed by atoms with Gasteiger partial charge in [-0.3, -0.25) is 0 Å². The minimum atomic E-state index is 0. The summed E-state index contributed by atoms with van der Waals surface area (Å²) in [4.78, 5) is 0. The van der Waals surface area contributed by atoms with Crippen molar-refractivity contribution in [2.45, 2.75) is 0 Å². The fraction of sp³-hybridized carbons (Fsp3) is 0. The molecule has 0 aromatic rings. The number of rotatable bonds is 0. The van der Waals surface area contributed by atoms with E-state index in [-0.39, 0.29) is 70.9 Å². The first-order chi connectivity index (χ1) is 6.00. The maximum atomic E-state index is 6.25. The summed E-state index contributed by atoms with van der Waals surface area (Å²) >= 11 is 0. The Morgan fingerprint density at radius 2 is 0.357 bits per heavy atom. The second-order valence-corrected chi connectivity index (χ2v) is 0. The van der Waals surface area contributed by atoms with Crippen LogP contribution in [0.1, 0.15) is 0 Å². The Kier molecular flexibility index (Phi) is 12400. The first-order valence-corrected chi connectivity index (χ1v) is 1.34. The monoisotopic (exact) mass is 297 g/mol. The molecule has 0 unspecified atom stereocenters. The zero-order chi connectivity index (χ0) is 12.0. The molecule has 0 amide bonds. The van der Waals surface area contributed by atoms with Crippen molar-refractivity contribution in [3.05, 3.63) is 39.4 Å². The molecule has 0 bridgehead atoms. The minimum absolute atomic E-state index is 0. The van der Waals surface area contributed by atoms with Crippen molar-refractivity contribution in [2.75, 3.05) is 0 Å². The third kappa shape index (κ3) is 1820. The van der Waals surface area contributed by atoms with E-state index in [0.717, 1.165) is 0 Å². The van der Waals surface area contributed by atoms with Crippen LogP contribution in [-0.4, -0.2) is 0 Å². The van der Waals surface area contributed by atoms with E-state index >= 15 is 0 Å². The van der Waals surface area contributed by atoms with Crippen LogP contribution in [0.25, 0.3) is 0 Å². The molecule has 0 aliphatic rings. The van der Waals surface area contributed by atoms with Gasteiger partial charge in [0.2, 0.25) is 0 Å². The van der Waals surface area contributed by atoms with Gasteiger partial charge < -0.3 is 71.0 Å². The maximum Gasteiger partial charge on any atom is 5.00 e. The normalized spacial score (nSPS) is 0.857. The first kappa shape index (κ1) is 72.7. The third-order valence-corrected chi connectivity index (χ3v) is 0. The molecule has 0 N–H and O–H groups in total. The molecule has 0 aromatic heterocycles. The molecule has 1 radical (unpaired) electrons. The largest absolute Gasteiger partial charge is 5.00 e. The molecule has 0 rings (SSSR count). The number of hydrogen-bond acceptors (Lipinski definition) is 6. The van der Waals surface area contributed by atoms with Crippen LogP contribution in [0.15, 0.2) is 0 Å². The molecule has 0 spiro atoms. The Hall–Kier alpha value is -0.800. The van der Waals surface area contributed by atoms with Gasteiger partial charge in [-0.05, 0) is 0 Å². The predicted molar refractivity (Wildman–Crippen MR) is 29.8 cm³/mol. The Morgan fingerprint density at radius 1 is 0.357 bits per heavy atom. The van der Waals surface area contributed by atoms with Gasteiger partial charge in [-0.25, -0.2) is 0 Å². The quantitative estimate of drug-likeness (QED) is 0.359. The van der Waals surface area contributed by atoms with Crippen LogP contribution in [0.2, 0.25) is 0 Å². The second-order valence-electron chi connectivity index (χ2n) is 0. The molecule has 8 heteroatoms. The van der Waals surface area contributed by atoms with Gasteiger partial charge in [0.15, 0.2) is 0 Å². The third-order valence-electron chi connectivity index (χ3n) is 0. The van der Waals surface area contributed by atoms with Gasteiger partial charge in [-0.1, -0.05) is 0 Å². The molecule has 14 heavy (non-hydrogen) atoms. The summed E-state index contributed by atoms with van der Waals surface area (Å²) in [6.45, 7) is 28.5. The molecular formula is C6KN6Ru. The summed E-state index contributed by atoms with van der Waals surface area (Å²) in [5.41, 5.74) is 0. The van der Waals surface area contributed by atoms with E-state index in [1.807, 2.05) is 0 Å². The van der Waals surface area contributed by atoms with E-state index in [9.17, 15) is 0 Å². The van der Waals surface area contributed by atoms with Crippen molar-refractivity contribution in [2.24, 2.45) is 0 Å². The van der Waals surface area contributed by atoms with Gasteiger partial charge in [0.1, 0.15) is 0 Å². The summed E-state index contributed by atoms with van der Waals surface area (Å²) < 4.78 is 0. The molecule has 0 aliphatic carbocycles. The van der Waals surface area contributed by atoms with Crippen LogP contribution >= 0.6 is 0 Å². The van der Waals surface area contributed by atoms with Gasteiger partial charge in [0, 0.05) is 0 Å². The Bertz CT molecular complexity index is 97.3. The van der Waals surface area contributed by atoms with Crippen molar-refractivity contribution in [1.82, 2.24) is 0 Å². The molecule has 0 fully saturated rings. The van der Waals surface area contributed by atoms with Crippen molar-refractivity contribution < 1.29 is 70.9 Å². The SMILES string of the molecule is [C-]#N.[C-]#N.[C-]#N.[C-]#N.[C-]#N.[C-]#N.[K+].[Ru+5]. The fourth-order valence-corrected chi connectivity index (χ4v) is 0. The average molecular weight is 296 g/mol. The van der Waals surface area contributed by atoms with Crippen molar-refractivity contribution in [1.29, 1.82) is 31.6 Å². The summed E-state index contributed by atoms with van der Waals surface area (Å²) in [5, 5.41) is 37.5. The van der Waals surface area contributed by atoms with E-state index < -0.39 is 0 Å². The zero-order valence-electron chi connectivity index (χ0n) is 7.04. The van der Waals surface area contributed by atoms with Crippen LogP contribution in [-0.2, 0) is 19.5 Å². The Labute approximate surface area is 140 Å². The molecule has 0 saturated carbocycles. The average Bonchev–Trinajstić information content (AvgIpc) is 2.33. The topological polar surface area (TPSA) is 143 Å². The standard InChI is InChI=1S/6CN.K.Ru/c6*1-2;;/q6*-1;+1;+5. The van der Waals surface area contributed by atoms with Crippen molar-refractivity contribution >= 4 is 0 Å². The molecule has 0 aromatic carbocycles. The van der Waals surface area contributed by atoms with Crippen LogP contribution in [0.5, 0.6) is 0 Å². The predicted octanol–water partition coefficient (Wildman–Crippen LogP) is -2.42. The first-order valence-electron chi connectivity index (χ1n) is 1.34. The summed E-state index contributed by atoms with van der Waals surface area (Å²) in [6.07, 6.45) is 0. The van der Waals surface area contributed by atoms with Crippen LogP contribution in [0.3, 0.4) is 0 Å². The summed E-state index contributed by atoms with van der Waals surface area (Å²) in [7, 11) is 0. The van der Waals surface area contributed by atoms with E-state index in [2.05, 4.69) is 0 Å². The molecule has 0 atom stereocenters. The van der Waals surface area contributed by atoms with Crippen LogP contribution < -0.4 is 51.4 Å². The molecule has 0 aliphatic heterocycles. The van der Waals surface area contributed by atoms with E-state index in [1.165, 1.54) is 0 Å². The summed E-state index contributed by atoms with van der Waals surface area (Å²) in [5.74, 6) is 0. The van der Waals surface area contributed by atoms with Crippen molar-refractivity contribution in [3.8, 4) is 0 Å². The molecule has 6 nitrogen and oxygen atoms in total. The van der Waals surface area contributed by atoms with Crippen LogP contribution in [0.4, 0.5) is 0 Å². The van der Waals surface area contributed by atoms with Gasteiger partial charge in [0.05, 0.1) is 0 Å². The second kappa shape index (κ2) is 2390. The van der Waals surface area contributed by atoms with Crippen LogP contribution in [0, 0.1) is 71.0 Å². The van der Waals surface area contributed by atoms with E-state index in [0.29, 0.717) is 0 Å². The maximum absolute atomic E-state index is 6.25. The van der Waals surface area contributed by atoms with Crippen molar-refractivity contribution in [3.63, 3.8) is 0 Å². The number of hydrogen-bond donors (Lipinski definition) is 0. The minimum Gasteiger partial charge on any atom is -0.512 e. The van der Waals surface area contributed by atoms with E-state index in [4.69, 9.17) is 71.0 Å². The van der Waals surface area contributed by atoms with Gasteiger partial charge in [-0.2, -0.15) is 0 Å². The summed E-state index contributed by atoms with van der Waals surface area (Å²) in [6, 6.07) is 0. The van der Waals surface area contributed by atoms with Gasteiger partial charge >= 0.3 is 70.9 Å². The van der Waals surface area contributed by atoms with Gasteiger partial charge in [-0.15, -0.1) is 0 Å². The smallest absolute Gasteiger partial charge is 0.512 e. The molecule has 0 saturated heterocycles. The number of nitrogens with zero attached hydrogens (tertiary/aromatic N) is 6. The van der Waals surface area contributed by atoms with Gasteiger partial charge in [0.25, 0.3) is 0 Å².